The Balaban J connectivity index is 1.52. The number of ether oxygens (including phenoxy) is 1. The monoisotopic (exact) mass is 548 g/mol. The lowest BCUT2D eigenvalue weighted by Crippen LogP contribution is -2.46. The van der Waals surface area contributed by atoms with Crippen molar-refractivity contribution in [1.29, 1.82) is 0 Å². The van der Waals surface area contributed by atoms with Crippen LogP contribution in [0.5, 0.6) is 0 Å². The molecule has 1 N–H and O–H groups in total. The minimum absolute atomic E-state index is 0.0970. The summed E-state index contributed by atoms with van der Waals surface area (Å²) in [7, 11) is -4.10. The van der Waals surface area contributed by atoms with E-state index in [1.807, 2.05) is 25.1 Å². The van der Waals surface area contributed by atoms with Gasteiger partial charge >= 0.3 is 6.18 Å². The van der Waals surface area contributed by atoms with Crippen LogP contribution in [0.15, 0.2) is 59.9 Å². The van der Waals surface area contributed by atoms with Crippen LogP contribution >= 0.6 is 0 Å². The normalized spacial score (nSPS) is 19.5. The number of nitrogens with zero attached hydrogens (tertiary/aromatic N) is 3. The van der Waals surface area contributed by atoms with Crippen molar-refractivity contribution < 1.29 is 26.3 Å². The number of sulfonamides is 1. The van der Waals surface area contributed by atoms with Crippen LogP contribution in [-0.4, -0.2) is 48.0 Å². The Hall–Kier alpha value is -2.89. The minimum atomic E-state index is -4.54. The van der Waals surface area contributed by atoms with Crippen LogP contribution in [-0.2, 0) is 34.0 Å². The largest absolute Gasteiger partial charge is 0.416 e. The number of aromatic nitrogens is 2. The number of hydrogen-bond acceptors (Lipinski definition) is 5. The number of aryl methyl sites for hydroxylation is 1. The van der Waals surface area contributed by atoms with E-state index in [-0.39, 0.29) is 30.1 Å². The fraction of sp³-hybridized carbons (Fsp3) is 0.444. The van der Waals surface area contributed by atoms with Crippen LogP contribution in [0.3, 0.4) is 0 Å². The zero-order valence-corrected chi connectivity index (χ0v) is 21.9. The van der Waals surface area contributed by atoms with E-state index in [2.05, 4.69) is 14.9 Å². The maximum Gasteiger partial charge on any atom is 0.416 e. The van der Waals surface area contributed by atoms with Crippen molar-refractivity contribution >= 4 is 15.7 Å². The van der Waals surface area contributed by atoms with Gasteiger partial charge in [0.1, 0.15) is 0 Å². The van der Waals surface area contributed by atoms with E-state index >= 15 is 0 Å². The summed E-state index contributed by atoms with van der Waals surface area (Å²) in [5.41, 5.74) is 2.69. The first kappa shape index (κ1) is 26.7. The van der Waals surface area contributed by atoms with E-state index in [1.165, 1.54) is 4.31 Å². The molecule has 1 aliphatic heterocycles. The molecule has 1 aliphatic carbocycles. The van der Waals surface area contributed by atoms with E-state index in [0.717, 1.165) is 72.5 Å². The molecular weight excluding hydrogens is 517 g/mol. The Morgan fingerprint density at radius 2 is 1.84 bits per heavy atom. The number of anilines is 1. The molecule has 1 fully saturated rings. The van der Waals surface area contributed by atoms with Crippen molar-refractivity contribution in [1.82, 2.24) is 14.3 Å². The Morgan fingerprint density at radius 3 is 2.50 bits per heavy atom. The van der Waals surface area contributed by atoms with Crippen molar-refractivity contribution in [2.45, 2.75) is 68.9 Å². The fourth-order valence-corrected chi connectivity index (χ4v) is 6.72. The van der Waals surface area contributed by atoms with Crippen LogP contribution in [0.1, 0.15) is 48.1 Å². The van der Waals surface area contributed by atoms with Gasteiger partial charge in [-0.1, -0.05) is 30.5 Å². The first-order chi connectivity index (χ1) is 18.1. The maximum absolute atomic E-state index is 13.8. The lowest BCUT2D eigenvalue weighted by atomic mass is 10.1. The van der Waals surface area contributed by atoms with E-state index in [9.17, 15) is 21.6 Å². The molecular formula is C27H31F3N4O3S. The molecule has 0 unspecified atom stereocenters. The molecule has 38 heavy (non-hydrogen) atoms. The Bertz CT molecular complexity index is 1340. The summed E-state index contributed by atoms with van der Waals surface area (Å²) in [6.45, 7) is 2.96. The standard InChI is InChI=1S/C27H31F3N4O3S/c1-19-6-11-26-20(12-19)14-33(38(35,36)25-9-7-21(8-10-25)27(28,29)30)16-23(17-37-24-4-2-3-5-24)34(26)15-22-13-31-18-32-22/h6-13,18,23-24H,2-5,14-17H2,1H3,(H,31,32)/t23-/m0/s1. The minimum Gasteiger partial charge on any atom is -0.376 e. The molecule has 1 atom stereocenters. The number of halogens is 3. The van der Waals surface area contributed by atoms with Crippen molar-refractivity contribution in [2.24, 2.45) is 0 Å². The van der Waals surface area contributed by atoms with Crippen LogP contribution < -0.4 is 4.90 Å². The van der Waals surface area contributed by atoms with Gasteiger partial charge in [-0.15, -0.1) is 0 Å². The molecule has 11 heteroatoms. The topological polar surface area (TPSA) is 78.5 Å². The van der Waals surface area contributed by atoms with Gasteiger partial charge in [-0.3, -0.25) is 0 Å². The quantitative estimate of drug-likeness (QED) is 0.435. The van der Waals surface area contributed by atoms with E-state index in [0.29, 0.717) is 13.2 Å². The van der Waals surface area contributed by atoms with Gasteiger partial charge in [0.15, 0.2) is 0 Å². The molecule has 5 rings (SSSR count). The van der Waals surface area contributed by atoms with Crippen molar-refractivity contribution in [3.63, 3.8) is 0 Å². The molecule has 0 radical (unpaired) electrons. The summed E-state index contributed by atoms with van der Waals surface area (Å²) >= 11 is 0. The zero-order valence-electron chi connectivity index (χ0n) is 21.1. The molecule has 0 spiro atoms. The number of alkyl halides is 3. The van der Waals surface area contributed by atoms with Crippen LogP contribution in [0.4, 0.5) is 18.9 Å². The van der Waals surface area contributed by atoms with Crippen LogP contribution in [0.2, 0.25) is 0 Å². The summed E-state index contributed by atoms with van der Waals surface area (Å²) in [5.74, 6) is 0. The van der Waals surface area contributed by atoms with Crippen molar-refractivity contribution in [3.8, 4) is 0 Å². The second-order valence-electron chi connectivity index (χ2n) is 10.1. The smallest absolute Gasteiger partial charge is 0.376 e. The zero-order chi connectivity index (χ0) is 26.9. The van der Waals surface area contributed by atoms with Gasteiger partial charge in [-0.05, 0) is 55.7 Å². The third kappa shape index (κ3) is 5.74. The van der Waals surface area contributed by atoms with Gasteiger partial charge < -0.3 is 14.6 Å². The van der Waals surface area contributed by atoms with Gasteiger partial charge in [-0.25, -0.2) is 13.4 Å². The van der Waals surface area contributed by atoms with E-state index in [4.69, 9.17) is 4.74 Å². The van der Waals surface area contributed by atoms with Crippen LogP contribution in [0.25, 0.3) is 0 Å². The molecule has 0 saturated heterocycles. The lowest BCUT2D eigenvalue weighted by Gasteiger charge is -2.34. The van der Waals surface area contributed by atoms with Crippen molar-refractivity contribution in [2.75, 3.05) is 18.1 Å². The average Bonchev–Trinajstić information content (AvgIpc) is 3.56. The van der Waals surface area contributed by atoms with Crippen molar-refractivity contribution in [3.05, 3.63) is 77.4 Å². The number of rotatable bonds is 7. The predicted molar refractivity (Wildman–Crippen MR) is 137 cm³/mol. The number of fused-ring (bicyclic) bond motifs is 1. The summed E-state index contributed by atoms with van der Waals surface area (Å²) in [6.07, 6.45) is 3.14. The third-order valence-corrected chi connectivity index (χ3v) is 9.11. The van der Waals surface area contributed by atoms with Gasteiger partial charge in [0.25, 0.3) is 0 Å². The fourth-order valence-electron chi connectivity index (χ4n) is 5.27. The molecule has 3 aromatic rings. The number of hydrogen-bond donors (Lipinski definition) is 1. The molecule has 2 aliphatic rings. The lowest BCUT2D eigenvalue weighted by molar-refractivity contribution is -0.137. The summed E-state index contributed by atoms with van der Waals surface area (Å²) in [4.78, 5) is 9.25. The van der Waals surface area contributed by atoms with Gasteiger partial charge in [-0.2, -0.15) is 17.5 Å². The van der Waals surface area contributed by atoms with Crippen LogP contribution in [0, 0.1) is 6.92 Å². The highest BCUT2D eigenvalue weighted by Gasteiger charge is 2.36. The second-order valence-corrected chi connectivity index (χ2v) is 12.0. The SMILES string of the molecule is Cc1ccc2c(c1)CN(S(=O)(=O)c1ccc(C(F)(F)F)cc1)C[C@@H](COC1CCCC1)N2Cc1cnc[nH]1. The molecule has 2 heterocycles. The summed E-state index contributed by atoms with van der Waals surface area (Å²) in [5, 5.41) is 0. The van der Waals surface area contributed by atoms with Gasteiger partial charge in [0.2, 0.25) is 10.0 Å². The first-order valence-electron chi connectivity index (χ1n) is 12.7. The Labute approximate surface area is 220 Å². The average molecular weight is 549 g/mol. The number of nitrogens with one attached hydrogen (secondary N) is 1. The number of imidazole rings is 1. The van der Waals surface area contributed by atoms with Gasteiger partial charge in [0.05, 0.1) is 47.8 Å². The maximum atomic E-state index is 13.8. The number of aromatic amines is 1. The highest BCUT2D eigenvalue weighted by Crippen LogP contribution is 2.35. The summed E-state index contributed by atoms with van der Waals surface area (Å²) in [6, 6.07) is 9.32. The Kier molecular flexibility index (Phi) is 7.52. The molecule has 2 aromatic carbocycles. The molecule has 1 saturated carbocycles. The molecule has 7 nitrogen and oxygen atoms in total. The molecule has 1 aromatic heterocycles. The van der Waals surface area contributed by atoms with Gasteiger partial charge in [0, 0.05) is 25.0 Å². The highest BCUT2D eigenvalue weighted by molar-refractivity contribution is 7.89. The van der Waals surface area contributed by atoms with E-state index < -0.39 is 21.8 Å². The van der Waals surface area contributed by atoms with E-state index in [1.54, 1.807) is 12.5 Å². The molecule has 0 bridgehead atoms. The highest BCUT2D eigenvalue weighted by atomic mass is 32.2. The third-order valence-electron chi connectivity index (χ3n) is 7.29. The second kappa shape index (κ2) is 10.7. The predicted octanol–water partition coefficient (Wildman–Crippen LogP) is 5.28. The molecule has 204 valence electrons. The number of benzene rings is 2. The Morgan fingerprint density at radius 1 is 1.11 bits per heavy atom. The summed E-state index contributed by atoms with van der Waals surface area (Å²) < 4.78 is 74.6. The first-order valence-corrected chi connectivity index (χ1v) is 14.2. The molecule has 0 amide bonds. The number of H-pyrrole nitrogens is 1.